The maximum atomic E-state index is 11.8. The van der Waals surface area contributed by atoms with Crippen molar-refractivity contribution in [2.24, 2.45) is 0 Å². The predicted molar refractivity (Wildman–Crippen MR) is 79.1 cm³/mol. The third kappa shape index (κ3) is 3.45. The Kier molecular flexibility index (Phi) is 4.23. The molecule has 1 aromatic carbocycles. The fourth-order valence-corrected chi connectivity index (χ4v) is 2.11. The highest BCUT2D eigenvalue weighted by atomic mass is 79.9. The van der Waals surface area contributed by atoms with E-state index in [0.29, 0.717) is 4.47 Å². The minimum atomic E-state index is -1.32. The van der Waals surface area contributed by atoms with Crippen LogP contribution in [0.25, 0.3) is 0 Å². The van der Waals surface area contributed by atoms with Gasteiger partial charge in [0.1, 0.15) is 0 Å². The van der Waals surface area contributed by atoms with Crippen molar-refractivity contribution >= 4 is 39.5 Å². The van der Waals surface area contributed by atoms with E-state index in [1.807, 2.05) is 0 Å². The van der Waals surface area contributed by atoms with Gasteiger partial charge in [-0.25, -0.2) is 14.4 Å². The molecule has 22 heavy (non-hydrogen) atoms. The molecule has 0 aliphatic carbocycles. The summed E-state index contributed by atoms with van der Waals surface area (Å²) in [5, 5.41) is 11.7. The van der Waals surface area contributed by atoms with Gasteiger partial charge < -0.3 is 19.9 Å². The molecule has 116 valence electrons. The highest BCUT2D eigenvalue weighted by Gasteiger charge is 2.38. The Morgan fingerprint density at radius 2 is 1.86 bits per heavy atom. The van der Waals surface area contributed by atoms with E-state index >= 15 is 0 Å². The van der Waals surface area contributed by atoms with Gasteiger partial charge in [-0.3, -0.25) is 0 Å². The molecule has 0 aromatic heterocycles. The molecule has 0 unspecified atom stereocenters. The maximum Gasteiger partial charge on any atom is 0.350 e. The Morgan fingerprint density at radius 3 is 2.41 bits per heavy atom. The van der Waals surface area contributed by atoms with E-state index in [1.165, 1.54) is 26.0 Å². The molecule has 2 N–H and O–H groups in total. The second-order valence-corrected chi connectivity index (χ2v) is 5.79. The van der Waals surface area contributed by atoms with Crippen molar-refractivity contribution in [2.45, 2.75) is 19.6 Å². The van der Waals surface area contributed by atoms with Crippen LogP contribution >= 0.6 is 15.9 Å². The van der Waals surface area contributed by atoms with E-state index in [1.54, 1.807) is 6.07 Å². The lowest BCUT2D eigenvalue weighted by atomic mass is 10.1. The van der Waals surface area contributed by atoms with Crippen molar-refractivity contribution in [2.75, 3.05) is 5.32 Å². The van der Waals surface area contributed by atoms with Crippen LogP contribution in [0.4, 0.5) is 5.69 Å². The smallest absolute Gasteiger partial charge is 0.350 e. The SMILES string of the molecule is CC1(C)OC(=O)C(=CNc2ccc(Br)cc2C(=O)O)C(=O)O1. The van der Waals surface area contributed by atoms with Gasteiger partial charge in [0.05, 0.1) is 11.3 Å². The summed E-state index contributed by atoms with van der Waals surface area (Å²) in [7, 11) is 0. The topological polar surface area (TPSA) is 102 Å². The number of esters is 2. The predicted octanol–water partition coefficient (Wildman–Crippen LogP) is 2.28. The van der Waals surface area contributed by atoms with Crippen LogP contribution in [-0.4, -0.2) is 28.8 Å². The first-order chi connectivity index (χ1) is 10.2. The van der Waals surface area contributed by atoms with Gasteiger partial charge in [0.15, 0.2) is 5.57 Å². The normalized spacial score (nSPS) is 16.6. The second-order valence-electron chi connectivity index (χ2n) is 4.88. The monoisotopic (exact) mass is 369 g/mol. The van der Waals surface area contributed by atoms with Gasteiger partial charge in [0.2, 0.25) is 0 Å². The molecular formula is C14H12BrNO6. The molecule has 8 heteroatoms. The van der Waals surface area contributed by atoms with Crippen molar-refractivity contribution in [3.05, 3.63) is 40.0 Å². The van der Waals surface area contributed by atoms with Gasteiger partial charge in [-0.05, 0) is 18.2 Å². The maximum absolute atomic E-state index is 11.8. The molecule has 1 aliphatic heterocycles. The molecule has 1 aromatic rings. The van der Waals surface area contributed by atoms with E-state index in [4.69, 9.17) is 14.6 Å². The summed E-state index contributed by atoms with van der Waals surface area (Å²) in [6.45, 7) is 2.87. The van der Waals surface area contributed by atoms with Crippen molar-refractivity contribution in [3.63, 3.8) is 0 Å². The molecule has 0 amide bonds. The number of carboxylic acid groups (broad SMARTS) is 1. The van der Waals surface area contributed by atoms with Crippen molar-refractivity contribution in [1.29, 1.82) is 0 Å². The van der Waals surface area contributed by atoms with Crippen molar-refractivity contribution in [3.8, 4) is 0 Å². The van der Waals surface area contributed by atoms with E-state index in [2.05, 4.69) is 21.2 Å². The molecule has 0 saturated carbocycles. The Hall–Kier alpha value is -2.35. The molecule has 0 bridgehead atoms. The first kappa shape index (κ1) is 16.0. The van der Waals surface area contributed by atoms with Crippen LogP contribution in [0.1, 0.15) is 24.2 Å². The molecule has 1 fully saturated rings. The molecule has 1 aliphatic rings. The van der Waals surface area contributed by atoms with Crippen LogP contribution in [-0.2, 0) is 19.1 Å². The lowest BCUT2D eigenvalue weighted by Crippen LogP contribution is -2.42. The van der Waals surface area contributed by atoms with Crippen LogP contribution in [0.15, 0.2) is 34.4 Å². The number of halogens is 1. The number of hydrogen-bond donors (Lipinski definition) is 2. The number of aromatic carboxylic acids is 1. The van der Waals surface area contributed by atoms with Gasteiger partial charge in [-0.2, -0.15) is 0 Å². The lowest BCUT2D eigenvalue weighted by molar-refractivity contribution is -0.222. The fourth-order valence-electron chi connectivity index (χ4n) is 1.75. The van der Waals surface area contributed by atoms with Gasteiger partial charge in [-0.1, -0.05) is 15.9 Å². The van der Waals surface area contributed by atoms with E-state index < -0.39 is 23.7 Å². The molecular weight excluding hydrogens is 358 g/mol. The van der Waals surface area contributed by atoms with E-state index in [9.17, 15) is 14.4 Å². The summed E-state index contributed by atoms with van der Waals surface area (Å²) in [6.07, 6.45) is 1.07. The first-order valence-electron chi connectivity index (χ1n) is 6.16. The Labute approximate surface area is 134 Å². The Balaban J connectivity index is 2.27. The van der Waals surface area contributed by atoms with Crippen molar-refractivity contribution in [1.82, 2.24) is 0 Å². The zero-order valence-electron chi connectivity index (χ0n) is 11.7. The zero-order valence-corrected chi connectivity index (χ0v) is 13.3. The Morgan fingerprint density at radius 1 is 1.27 bits per heavy atom. The van der Waals surface area contributed by atoms with Gasteiger partial charge in [0.25, 0.3) is 5.79 Å². The quantitative estimate of drug-likeness (QED) is 0.478. The van der Waals surface area contributed by atoms with Crippen LogP contribution in [0, 0.1) is 0 Å². The standard InChI is InChI=1S/C14H12BrNO6/c1-14(2)21-12(19)9(13(20)22-14)6-16-10-4-3-7(15)5-8(10)11(17)18/h3-6,16H,1-2H3,(H,17,18). The number of rotatable bonds is 3. The van der Waals surface area contributed by atoms with Gasteiger partial charge in [-0.15, -0.1) is 0 Å². The highest BCUT2D eigenvalue weighted by molar-refractivity contribution is 9.10. The molecule has 0 radical (unpaired) electrons. The van der Waals surface area contributed by atoms with Gasteiger partial charge in [0, 0.05) is 24.5 Å². The molecule has 2 rings (SSSR count). The molecule has 7 nitrogen and oxygen atoms in total. The summed E-state index contributed by atoms with van der Waals surface area (Å²) in [6, 6.07) is 4.51. The number of carbonyl (C=O) groups excluding carboxylic acids is 2. The van der Waals surface area contributed by atoms with Crippen LogP contribution < -0.4 is 5.32 Å². The van der Waals surface area contributed by atoms with Gasteiger partial charge >= 0.3 is 17.9 Å². The number of nitrogens with one attached hydrogen (secondary N) is 1. The van der Waals surface area contributed by atoms with E-state index in [-0.39, 0.29) is 16.8 Å². The summed E-state index contributed by atoms with van der Waals surface area (Å²) >= 11 is 3.17. The number of benzene rings is 1. The minimum Gasteiger partial charge on any atom is -0.478 e. The summed E-state index contributed by atoms with van der Waals surface area (Å²) < 4.78 is 10.4. The number of carboxylic acids is 1. The molecule has 0 spiro atoms. The number of carbonyl (C=O) groups is 3. The summed E-state index contributed by atoms with van der Waals surface area (Å²) in [5.41, 5.74) is -0.156. The number of cyclic esters (lactones) is 2. The summed E-state index contributed by atoms with van der Waals surface area (Å²) in [4.78, 5) is 34.7. The third-order valence-electron chi connectivity index (χ3n) is 2.70. The largest absolute Gasteiger partial charge is 0.478 e. The van der Waals surface area contributed by atoms with Crippen molar-refractivity contribution < 1.29 is 29.0 Å². The Bertz CT molecular complexity index is 673. The van der Waals surface area contributed by atoms with Crippen LogP contribution in [0.2, 0.25) is 0 Å². The number of anilines is 1. The highest BCUT2D eigenvalue weighted by Crippen LogP contribution is 2.24. The average Bonchev–Trinajstić information content (AvgIpc) is 2.37. The first-order valence-corrected chi connectivity index (χ1v) is 6.95. The van der Waals surface area contributed by atoms with Crippen LogP contribution in [0.3, 0.4) is 0 Å². The molecule has 1 saturated heterocycles. The fraction of sp³-hybridized carbons (Fsp3) is 0.214. The zero-order chi connectivity index (χ0) is 16.5. The van der Waals surface area contributed by atoms with Crippen LogP contribution in [0.5, 0.6) is 0 Å². The minimum absolute atomic E-state index is 0.0240. The number of hydrogen-bond acceptors (Lipinski definition) is 6. The molecule has 0 atom stereocenters. The number of ether oxygens (including phenoxy) is 2. The summed E-state index contributed by atoms with van der Waals surface area (Å²) in [5.74, 6) is -4.17. The lowest BCUT2D eigenvalue weighted by Gasteiger charge is -2.29. The second kappa shape index (κ2) is 5.80. The third-order valence-corrected chi connectivity index (χ3v) is 3.19. The molecule has 1 heterocycles. The average molecular weight is 370 g/mol. The van der Waals surface area contributed by atoms with E-state index in [0.717, 1.165) is 6.20 Å².